The van der Waals surface area contributed by atoms with Crippen LogP contribution in [0, 0.1) is 13.8 Å². The van der Waals surface area contributed by atoms with Crippen LogP contribution in [0.15, 0.2) is 24.5 Å². The summed E-state index contributed by atoms with van der Waals surface area (Å²) in [4.78, 5) is 10.1. The van der Waals surface area contributed by atoms with Gasteiger partial charge < -0.3 is 5.32 Å². The van der Waals surface area contributed by atoms with Gasteiger partial charge in [0, 0.05) is 9.90 Å². The summed E-state index contributed by atoms with van der Waals surface area (Å²) in [5, 5.41) is 3.54. The zero-order chi connectivity index (χ0) is 16.8. The first-order valence-electron chi connectivity index (χ1n) is 6.62. The molecule has 0 bridgehead atoms. The van der Waals surface area contributed by atoms with Gasteiger partial charge in [-0.1, -0.05) is 11.6 Å². The Bertz CT molecular complexity index is 890. The van der Waals surface area contributed by atoms with E-state index in [1.165, 1.54) is 29.8 Å². The standard InChI is InChI=1S/C15H11ClF3N3S/c1-7-8(2)23-14-12(7)13(20-6-21-14)22-11-4-3-9(16)5-10(11)15(17,18)19/h3-6H,1-2H3,(H,20,21,22). The quantitative estimate of drug-likeness (QED) is 0.637. The number of hydrogen-bond acceptors (Lipinski definition) is 4. The second-order valence-corrected chi connectivity index (χ2v) is 6.64. The van der Waals surface area contributed by atoms with Crippen LogP contribution < -0.4 is 5.32 Å². The second kappa shape index (κ2) is 5.65. The van der Waals surface area contributed by atoms with E-state index in [0.717, 1.165) is 26.7 Å². The Balaban J connectivity index is 2.14. The lowest BCUT2D eigenvalue weighted by molar-refractivity contribution is -0.136. The molecule has 0 aliphatic rings. The summed E-state index contributed by atoms with van der Waals surface area (Å²) >= 11 is 7.18. The maximum absolute atomic E-state index is 13.2. The second-order valence-electron chi connectivity index (χ2n) is 5.00. The number of anilines is 2. The van der Waals surface area contributed by atoms with Crippen LogP contribution in [0.3, 0.4) is 0 Å². The van der Waals surface area contributed by atoms with Gasteiger partial charge in [-0.25, -0.2) is 9.97 Å². The number of thiophene rings is 1. The number of benzene rings is 1. The van der Waals surface area contributed by atoms with Crippen molar-refractivity contribution in [2.45, 2.75) is 20.0 Å². The van der Waals surface area contributed by atoms with E-state index in [1.54, 1.807) is 0 Å². The van der Waals surface area contributed by atoms with E-state index in [2.05, 4.69) is 15.3 Å². The Morgan fingerprint density at radius 2 is 1.91 bits per heavy atom. The Morgan fingerprint density at radius 1 is 1.17 bits per heavy atom. The van der Waals surface area contributed by atoms with Gasteiger partial charge in [-0.15, -0.1) is 11.3 Å². The molecule has 0 amide bonds. The Hall–Kier alpha value is -1.86. The van der Waals surface area contributed by atoms with Gasteiger partial charge in [0.2, 0.25) is 0 Å². The fourth-order valence-corrected chi connectivity index (χ4v) is 3.43. The molecule has 3 aromatic rings. The van der Waals surface area contributed by atoms with Crippen molar-refractivity contribution in [3.8, 4) is 0 Å². The van der Waals surface area contributed by atoms with Crippen molar-refractivity contribution in [3.63, 3.8) is 0 Å². The summed E-state index contributed by atoms with van der Waals surface area (Å²) < 4.78 is 39.6. The highest BCUT2D eigenvalue weighted by Gasteiger charge is 2.34. The molecule has 0 saturated heterocycles. The lowest BCUT2D eigenvalue weighted by Crippen LogP contribution is -2.09. The van der Waals surface area contributed by atoms with E-state index >= 15 is 0 Å². The number of halogens is 4. The average Bonchev–Trinajstić information content (AvgIpc) is 2.76. The van der Waals surface area contributed by atoms with Gasteiger partial charge in [-0.3, -0.25) is 0 Å². The molecule has 0 unspecified atom stereocenters. The Morgan fingerprint density at radius 3 is 2.61 bits per heavy atom. The number of aromatic nitrogens is 2. The first kappa shape index (κ1) is 16.0. The van der Waals surface area contributed by atoms with E-state index < -0.39 is 11.7 Å². The van der Waals surface area contributed by atoms with Crippen LogP contribution in [0.25, 0.3) is 10.2 Å². The third-order valence-electron chi connectivity index (χ3n) is 3.51. The van der Waals surface area contributed by atoms with E-state index in [4.69, 9.17) is 11.6 Å². The summed E-state index contributed by atoms with van der Waals surface area (Å²) in [5.41, 5.74) is 0.0298. The number of hydrogen-bond donors (Lipinski definition) is 1. The topological polar surface area (TPSA) is 37.8 Å². The fraction of sp³-hybridized carbons (Fsp3) is 0.200. The van der Waals surface area contributed by atoms with E-state index in [9.17, 15) is 13.2 Å². The molecule has 1 aromatic carbocycles. The molecule has 0 fully saturated rings. The number of nitrogens with zero attached hydrogens (tertiary/aromatic N) is 2. The minimum absolute atomic E-state index is 0.0262. The molecule has 0 aliphatic carbocycles. The highest BCUT2D eigenvalue weighted by atomic mass is 35.5. The minimum Gasteiger partial charge on any atom is -0.339 e. The normalized spacial score (nSPS) is 11.9. The van der Waals surface area contributed by atoms with Crippen molar-refractivity contribution in [3.05, 3.63) is 45.6 Å². The molecule has 0 spiro atoms. The largest absolute Gasteiger partial charge is 0.418 e. The SMILES string of the molecule is Cc1sc2ncnc(Nc3ccc(Cl)cc3C(F)(F)F)c2c1C. The summed E-state index contributed by atoms with van der Waals surface area (Å²) in [5.74, 6) is 0.352. The number of alkyl halides is 3. The molecule has 0 aliphatic heterocycles. The third-order valence-corrected chi connectivity index (χ3v) is 4.86. The van der Waals surface area contributed by atoms with Crippen molar-refractivity contribution in [2.24, 2.45) is 0 Å². The van der Waals surface area contributed by atoms with Gasteiger partial charge in [0.25, 0.3) is 0 Å². The van der Waals surface area contributed by atoms with Crippen molar-refractivity contribution in [2.75, 3.05) is 5.32 Å². The van der Waals surface area contributed by atoms with Crippen molar-refractivity contribution in [1.29, 1.82) is 0 Å². The molecule has 8 heteroatoms. The van der Waals surface area contributed by atoms with Crippen molar-refractivity contribution in [1.82, 2.24) is 9.97 Å². The molecular formula is C15H11ClF3N3S. The average molecular weight is 358 g/mol. The highest BCUT2D eigenvalue weighted by molar-refractivity contribution is 7.18. The van der Waals surface area contributed by atoms with E-state index in [-0.39, 0.29) is 10.7 Å². The molecule has 3 nitrogen and oxygen atoms in total. The molecule has 23 heavy (non-hydrogen) atoms. The van der Waals surface area contributed by atoms with Gasteiger partial charge in [-0.2, -0.15) is 13.2 Å². The lowest BCUT2D eigenvalue weighted by atomic mass is 10.1. The molecule has 0 radical (unpaired) electrons. The summed E-state index contributed by atoms with van der Waals surface area (Å²) in [6, 6.07) is 3.60. The summed E-state index contributed by atoms with van der Waals surface area (Å²) in [6.45, 7) is 3.84. The smallest absolute Gasteiger partial charge is 0.339 e. The Labute approximate surface area is 139 Å². The molecule has 2 heterocycles. The van der Waals surface area contributed by atoms with Gasteiger partial charge in [-0.05, 0) is 37.6 Å². The molecule has 0 saturated carbocycles. The van der Waals surface area contributed by atoms with Crippen LogP contribution in [0.1, 0.15) is 16.0 Å². The van der Waals surface area contributed by atoms with Gasteiger partial charge in [0.05, 0.1) is 16.6 Å². The molecule has 0 atom stereocenters. The maximum Gasteiger partial charge on any atom is 0.418 e. The van der Waals surface area contributed by atoms with Gasteiger partial charge in [0.1, 0.15) is 17.0 Å². The monoisotopic (exact) mass is 357 g/mol. The van der Waals surface area contributed by atoms with Crippen LogP contribution in [0.2, 0.25) is 5.02 Å². The van der Waals surface area contributed by atoms with Gasteiger partial charge in [0.15, 0.2) is 0 Å². The number of aryl methyl sites for hydroxylation is 2. The third kappa shape index (κ3) is 2.98. The Kier molecular flexibility index (Phi) is 3.93. The fourth-order valence-electron chi connectivity index (χ4n) is 2.26. The molecule has 1 N–H and O–H groups in total. The van der Waals surface area contributed by atoms with Crippen LogP contribution >= 0.6 is 22.9 Å². The summed E-state index contributed by atoms with van der Waals surface area (Å²) in [7, 11) is 0. The van der Waals surface area contributed by atoms with Crippen molar-refractivity contribution < 1.29 is 13.2 Å². The van der Waals surface area contributed by atoms with E-state index in [0.29, 0.717) is 5.82 Å². The molecular weight excluding hydrogens is 347 g/mol. The number of fused-ring (bicyclic) bond motifs is 1. The maximum atomic E-state index is 13.2. The van der Waals surface area contributed by atoms with Crippen LogP contribution in [0.5, 0.6) is 0 Å². The van der Waals surface area contributed by atoms with Crippen LogP contribution in [-0.2, 0) is 6.18 Å². The zero-order valence-corrected chi connectivity index (χ0v) is 13.7. The number of rotatable bonds is 2. The predicted molar refractivity (Wildman–Crippen MR) is 86.6 cm³/mol. The van der Waals surface area contributed by atoms with E-state index in [1.807, 2.05) is 13.8 Å². The minimum atomic E-state index is -4.51. The van der Waals surface area contributed by atoms with Crippen molar-refractivity contribution >= 4 is 44.7 Å². The molecule has 120 valence electrons. The van der Waals surface area contributed by atoms with Gasteiger partial charge >= 0.3 is 6.18 Å². The predicted octanol–water partition coefficient (Wildman–Crippen LogP) is 5.72. The zero-order valence-electron chi connectivity index (χ0n) is 12.1. The van der Waals surface area contributed by atoms with Crippen LogP contribution in [-0.4, -0.2) is 9.97 Å². The lowest BCUT2D eigenvalue weighted by Gasteiger charge is -2.15. The molecule has 2 aromatic heterocycles. The molecule has 3 rings (SSSR count). The first-order valence-corrected chi connectivity index (χ1v) is 7.81. The highest BCUT2D eigenvalue weighted by Crippen LogP contribution is 2.39. The number of nitrogens with one attached hydrogen (secondary N) is 1. The van der Waals surface area contributed by atoms with Crippen LogP contribution in [0.4, 0.5) is 24.7 Å². The summed E-state index contributed by atoms with van der Waals surface area (Å²) in [6.07, 6.45) is -3.18. The first-order chi connectivity index (χ1) is 10.8.